The number of benzene rings is 2. The van der Waals surface area contributed by atoms with E-state index in [-0.39, 0.29) is 16.0 Å². The Morgan fingerprint density at radius 3 is 2.74 bits per heavy atom. The minimum atomic E-state index is -1.72. The molecule has 1 heterocycles. The van der Waals surface area contributed by atoms with Crippen LogP contribution in [0.15, 0.2) is 47.4 Å². The highest BCUT2D eigenvalue weighted by Crippen LogP contribution is 2.31. The minimum absolute atomic E-state index is 0.00584. The molecule has 2 aromatic carbocycles. The maximum atomic E-state index is 12.6. The molecule has 0 radical (unpaired) electrons. The molecule has 0 saturated heterocycles. The average Bonchev–Trinajstić information content (AvgIpc) is 2.51. The van der Waals surface area contributed by atoms with Gasteiger partial charge in [-0.05, 0) is 35.9 Å². The maximum Gasteiger partial charge on any atom is 0.335 e. The highest BCUT2D eigenvalue weighted by molar-refractivity contribution is 7.97. The number of carbonyl (C=O) groups is 2. The largest absolute Gasteiger partial charge is 0.588 e. The summed E-state index contributed by atoms with van der Waals surface area (Å²) >= 11 is 4.18. The van der Waals surface area contributed by atoms with E-state index >= 15 is 0 Å². The van der Waals surface area contributed by atoms with Gasteiger partial charge in [0.05, 0.1) is 16.8 Å². The molecule has 0 aliphatic carbocycles. The molecule has 1 aliphatic heterocycles. The van der Waals surface area contributed by atoms with Gasteiger partial charge < -0.3 is 9.66 Å². The second-order valence-electron chi connectivity index (χ2n) is 4.83. The average molecular weight is 348 g/mol. The lowest BCUT2D eigenvalue weighted by atomic mass is 10.0. The standard InChI is InChI=1S/C16H10ClNO4S/c17-11-3-1-2-9(6-11)7-14-15(19)12-8-10(16(20)21)4-5-13(12)18-23(14)22/h1-8,18H,(H,20,21)/b14-7+. The highest BCUT2D eigenvalue weighted by atomic mass is 35.5. The van der Waals surface area contributed by atoms with Crippen LogP contribution in [0.1, 0.15) is 26.3 Å². The number of Topliss-reactive ketones (excluding diaryl/α,β-unsaturated/α-hetero) is 1. The van der Waals surface area contributed by atoms with Crippen LogP contribution in [0.3, 0.4) is 0 Å². The molecule has 23 heavy (non-hydrogen) atoms. The van der Waals surface area contributed by atoms with Crippen molar-refractivity contribution in [3.8, 4) is 0 Å². The van der Waals surface area contributed by atoms with Crippen molar-refractivity contribution in [1.82, 2.24) is 0 Å². The molecule has 2 N–H and O–H groups in total. The van der Waals surface area contributed by atoms with E-state index in [0.29, 0.717) is 16.3 Å². The van der Waals surface area contributed by atoms with E-state index in [9.17, 15) is 14.1 Å². The molecule has 0 bridgehead atoms. The van der Waals surface area contributed by atoms with Gasteiger partial charge in [0.25, 0.3) is 0 Å². The number of fused-ring (bicyclic) bond motifs is 1. The van der Waals surface area contributed by atoms with Crippen LogP contribution in [-0.4, -0.2) is 21.4 Å². The summed E-state index contributed by atoms with van der Waals surface area (Å²) in [6.45, 7) is 0. The summed E-state index contributed by atoms with van der Waals surface area (Å²) < 4.78 is 14.9. The molecule has 116 valence electrons. The zero-order valence-corrected chi connectivity index (χ0v) is 13.1. The first kappa shape index (κ1) is 15.6. The van der Waals surface area contributed by atoms with Crippen LogP contribution in [0.5, 0.6) is 0 Å². The van der Waals surface area contributed by atoms with E-state index in [1.807, 2.05) is 0 Å². The molecule has 5 nitrogen and oxygen atoms in total. The van der Waals surface area contributed by atoms with Crippen molar-refractivity contribution in [2.75, 3.05) is 4.72 Å². The summed E-state index contributed by atoms with van der Waals surface area (Å²) in [7, 11) is 0. The number of carbonyl (C=O) groups excluding carboxylic acids is 1. The quantitative estimate of drug-likeness (QED) is 0.642. The number of hydrogen-bond acceptors (Lipinski definition) is 4. The molecule has 0 aromatic heterocycles. The lowest BCUT2D eigenvalue weighted by molar-refractivity contribution is 0.0697. The van der Waals surface area contributed by atoms with Gasteiger partial charge in [0.1, 0.15) is 11.4 Å². The van der Waals surface area contributed by atoms with Crippen molar-refractivity contribution in [2.45, 2.75) is 0 Å². The third kappa shape index (κ3) is 3.10. The summed E-state index contributed by atoms with van der Waals surface area (Å²) in [4.78, 5) is 23.7. The predicted molar refractivity (Wildman–Crippen MR) is 88.9 cm³/mol. The minimum Gasteiger partial charge on any atom is -0.588 e. The van der Waals surface area contributed by atoms with E-state index in [4.69, 9.17) is 16.7 Å². The number of ketones is 1. The van der Waals surface area contributed by atoms with Crippen molar-refractivity contribution >= 4 is 46.5 Å². The Hall–Kier alpha value is -2.28. The van der Waals surface area contributed by atoms with Crippen LogP contribution in [-0.2, 0) is 11.4 Å². The van der Waals surface area contributed by atoms with Gasteiger partial charge in [-0.15, -0.1) is 0 Å². The lowest BCUT2D eigenvalue weighted by Crippen LogP contribution is -2.27. The second-order valence-corrected chi connectivity index (χ2v) is 6.45. The Bertz CT molecular complexity index is 850. The van der Waals surface area contributed by atoms with Crippen molar-refractivity contribution in [3.63, 3.8) is 0 Å². The number of anilines is 1. The monoisotopic (exact) mass is 347 g/mol. The number of halogens is 1. The van der Waals surface area contributed by atoms with Gasteiger partial charge in [-0.3, -0.25) is 4.79 Å². The fourth-order valence-corrected chi connectivity index (χ4v) is 3.40. The molecule has 0 spiro atoms. The van der Waals surface area contributed by atoms with Gasteiger partial charge in [0, 0.05) is 11.1 Å². The molecular formula is C16H10ClNO4S. The highest BCUT2D eigenvalue weighted by Gasteiger charge is 2.34. The van der Waals surface area contributed by atoms with Gasteiger partial charge >= 0.3 is 5.97 Å². The first-order valence-electron chi connectivity index (χ1n) is 6.53. The van der Waals surface area contributed by atoms with Crippen molar-refractivity contribution in [1.29, 1.82) is 0 Å². The molecule has 2 aromatic rings. The number of aromatic carboxylic acids is 1. The summed E-state index contributed by atoms with van der Waals surface area (Å²) in [5.41, 5.74) is 1.15. The third-order valence-corrected chi connectivity index (χ3v) is 4.63. The fraction of sp³-hybridized carbons (Fsp3) is 0. The molecule has 0 saturated carbocycles. The summed E-state index contributed by atoms with van der Waals surface area (Å²) in [5, 5.41) is 9.53. The molecule has 0 fully saturated rings. The molecule has 1 unspecified atom stereocenters. The topological polar surface area (TPSA) is 89.5 Å². The normalized spacial score (nSPS) is 18.4. The van der Waals surface area contributed by atoms with Gasteiger partial charge in [-0.25, -0.2) is 9.52 Å². The number of carboxylic acid groups (broad SMARTS) is 1. The van der Waals surface area contributed by atoms with Crippen LogP contribution in [0.4, 0.5) is 5.69 Å². The summed E-state index contributed by atoms with van der Waals surface area (Å²) in [5.74, 6) is -1.60. The van der Waals surface area contributed by atoms with Gasteiger partial charge in [-0.1, -0.05) is 23.7 Å². The second kappa shape index (κ2) is 6.08. The van der Waals surface area contributed by atoms with Gasteiger partial charge in [0.2, 0.25) is 10.7 Å². The third-order valence-electron chi connectivity index (χ3n) is 3.28. The molecule has 0 amide bonds. The fourth-order valence-electron chi connectivity index (χ4n) is 2.19. The number of rotatable bonds is 2. The Morgan fingerprint density at radius 2 is 2.04 bits per heavy atom. The number of carboxylic acids is 1. The van der Waals surface area contributed by atoms with E-state index in [1.165, 1.54) is 24.3 Å². The zero-order chi connectivity index (χ0) is 16.6. The summed E-state index contributed by atoms with van der Waals surface area (Å²) in [6.07, 6.45) is 1.48. The van der Waals surface area contributed by atoms with Crippen LogP contribution in [0.2, 0.25) is 5.02 Å². The Balaban J connectivity index is 2.06. The zero-order valence-electron chi connectivity index (χ0n) is 11.6. The van der Waals surface area contributed by atoms with Crippen molar-refractivity contribution in [3.05, 3.63) is 69.1 Å². The van der Waals surface area contributed by atoms with Crippen LogP contribution < -0.4 is 4.72 Å². The number of hydrogen-bond donors (Lipinski definition) is 2. The first-order valence-corrected chi connectivity index (χ1v) is 8.06. The first-order chi connectivity index (χ1) is 11.0. The number of nitrogens with one attached hydrogen (secondary N) is 1. The smallest absolute Gasteiger partial charge is 0.335 e. The Morgan fingerprint density at radius 1 is 1.26 bits per heavy atom. The molecule has 7 heteroatoms. The van der Waals surface area contributed by atoms with Crippen LogP contribution in [0.25, 0.3) is 6.08 Å². The van der Waals surface area contributed by atoms with Gasteiger partial charge in [0.15, 0.2) is 0 Å². The van der Waals surface area contributed by atoms with Gasteiger partial charge in [-0.2, -0.15) is 0 Å². The molecule has 1 atom stereocenters. The van der Waals surface area contributed by atoms with Crippen molar-refractivity contribution in [2.24, 2.45) is 0 Å². The maximum absolute atomic E-state index is 12.6. The Kier molecular flexibility index (Phi) is 4.12. The molecule has 1 aliphatic rings. The van der Waals surface area contributed by atoms with Crippen LogP contribution >= 0.6 is 11.6 Å². The van der Waals surface area contributed by atoms with E-state index < -0.39 is 23.1 Å². The van der Waals surface area contributed by atoms with E-state index in [1.54, 1.807) is 24.3 Å². The summed E-state index contributed by atoms with van der Waals surface area (Å²) in [6, 6.07) is 10.8. The SMILES string of the molecule is O=C(O)c1ccc2c(c1)C(=O)/C(=C\c1cccc(Cl)c1)[S+]([O-])N2. The van der Waals surface area contributed by atoms with Crippen molar-refractivity contribution < 1.29 is 19.2 Å². The molecular weight excluding hydrogens is 338 g/mol. The van der Waals surface area contributed by atoms with E-state index in [0.717, 1.165) is 0 Å². The Labute approximate surface area is 139 Å². The van der Waals surface area contributed by atoms with E-state index in [2.05, 4.69) is 4.72 Å². The van der Waals surface area contributed by atoms with Crippen LogP contribution in [0, 0.1) is 0 Å². The number of allylic oxidation sites excluding steroid dienone is 1. The lowest BCUT2D eigenvalue weighted by Gasteiger charge is -2.21. The molecule has 3 rings (SSSR count). The predicted octanol–water partition coefficient (Wildman–Crippen LogP) is 3.35.